The molecule has 226 valence electrons. The van der Waals surface area contributed by atoms with E-state index >= 15 is 0 Å². The molecule has 0 saturated carbocycles. The number of rotatable bonds is 14. The summed E-state index contributed by atoms with van der Waals surface area (Å²) < 4.78 is 46.9. The summed E-state index contributed by atoms with van der Waals surface area (Å²) in [7, 11) is 0. The highest BCUT2D eigenvalue weighted by Gasteiger charge is 2.34. The molecule has 8 heteroatoms. The molecule has 0 aliphatic carbocycles. The number of primary amides is 1. The Morgan fingerprint density at radius 1 is 0.884 bits per heavy atom. The Hall–Kier alpha value is -3.81. The Balaban J connectivity index is 1.54. The van der Waals surface area contributed by atoms with Crippen molar-refractivity contribution in [3.63, 3.8) is 0 Å². The Bertz CT molecular complexity index is 1430. The largest absolute Gasteiger partial charge is 0.494 e. The van der Waals surface area contributed by atoms with Crippen LogP contribution in [0.1, 0.15) is 59.4 Å². The standard InChI is InChI=1S/C35H36ClF3N2O2/c1-2-30(34(40)42)27-16-9-18-29(22-27)43-21-11-20-41(23-28-17-10-19-32(33(28)36)35(37,38)39)24-31(25-12-5-3-6-13-25)26-14-7-4-8-15-26/h3-10,12-19,22,30-31H,2,11,20-21,23-24H2,1H3,(H2,40,42). The molecule has 43 heavy (non-hydrogen) atoms. The summed E-state index contributed by atoms with van der Waals surface area (Å²) in [6.07, 6.45) is -3.33. The van der Waals surface area contributed by atoms with Gasteiger partial charge in [-0.1, -0.05) is 103 Å². The van der Waals surface area contributed by atoms with Crippen LogP contribution in [0.5, 0.6) is 5.75 Å². The van der Waals surface area contributed by atoms with E-state index in [2.05, 4.69) is 29.2 Å². The lowest BCUT2D eigenvalue weighted by Crippen LogP contribution is -2.31. The van der Waals surface area contributed by atoms with Crippen LogP contribution in [0.3, 0.4) is 0 Å². The molecular weight excluding hydrogens is 573 g/mol. The average Bonchev–Trinajstić information content (AvgIpc) is 2.99. The number of alkyl halides is 3. The molecule has 0 spiro atoms. The van der Waals surface area contributed by atoms with E-state index in [0.29, 0.717) is 43.9 Å². The van der Waals surface area contributed by atoms with E-state index in [4.69, 9.17) is 22.1 Å². The van der Waals surface area contributed by atoms with Crippen LogP contribution in [0.15, 0.2) is 103 Å². The summed E-state index contributed by atoms with van der Waals surface area (Å²) in [4.78, 5) is 14.0. The minimum absolute atomic E-state index is 0.00986. The van der Waals surface area contributed by atoms with Crippen LogP contribution in [-0.2, 0) is 17.5 Å². The Kier molecular flexibility index (Phi) is 11.3. The van der Waals surface area contributed by atoms with Gasteiger partial charge in [-0.05, 0) is 53.3 Å². The molecule has 1 unspecified atom stereocenters. The molecule has 4 rings (SSSR count). The average molecular weight is 609 g/mol. The van der Waals surface area contributed by atoms with E-state index in [0.717, 1.165) is 22.8 Å². The number of nitrogens with two attached hydrogens (primary N) is 1. The Morgan fingerprint density at radius 2 is 1.49 bits per heavy atom. The molecule has 0 heterocycles. The second-order valence-electron chi connectivity index (χ2n) is 10.5. The third kappa shape index (κ3) is 8.85. The third-order valence-corrected chi connectivity index (χ3v) is 7.97. The molecule has 4 aromatic rings. The fourth-order valence-corrected chi connectivity index (χ4v) is 5.62. The van der Waals surface area contributed by atoms with E-state index in [1.807, 2.05) is 67.6 Å². The van der Waals surface area contributed by atoms with E-state index < -0.39 is 11.7 Å². The van der Waals surface area contributed by atoms with Crippen LogP contribution in [0.4, 0.5) is 13.2 Å². The summed E-state index contributed by atoms with van der Waals surface area (Å²) in [6, 6.07) is 31.6. The van der Waals surface area contributed by atoms with Crippen LogP contribution in [0.2, 0.25) is 5.02 Å². The maximum absolute atomic E-state index is 13.6. The van der Waals surface area contributed by atoms with Crippen molar-refractivity contribution in [1.29, 1.82) is 0 Å². The van der Waals surface area contributed by atoms with E-state index in [1.165, 1.54) is 6.07 Å². The van der Waals surface area contributed by atoms with Gasteiger partial charge in [0.15, 0.2) is 0 Å². The number of carbonyl (C=O) groups is 1. The zero-order valence-electron chi connectivity index (χ0n) is 24.1. The molecule has 0 bridgehead atoms. The van der Waals surface area contributed by atoms with Gasteiger partial charge in [0.1, 0.15) is 5.75 Å². The smallest absolute Gasteiger partial charge is 0.417 e. The quantitative estimate of drug-likeness (QED) is 0.146. The topological polar surface area (TPSA) is 55.6 Å². The first-order valence-corrected chi connectivity index (χ1v) is 14.7. The number of carbonyl (C=O) groups excluding carboxylic acids is 1. The second-order valence-corrected chi connectivity index (χ2v) is 10.9. The molecule has 0 aliphatic rings. The highest BCUT2D eigenvalue weighted by molar-refractivity contribution is 6.32. The summed E-state index contributed by atoms with van der Waals surface area (Å²) >= 11 is 6.32. The molecule has 4 aromatic carbocycles. The second kappa shape index (κ2) is 15.1. The predicted molar refractivity (Wildman–Crippen MR) is 165 cm³/mol. The lowest BCUT2D eigenvalue weighted by Gasteiger charge is -2.29. The van der Waals surface area contributed by atoms with Gasteiger partial charge in [0, 0.05) is 25.6 Å². The van der Waals surface area contributed by atoms with Crippen LogP contribution in [0, 0.1) is 0 Å². The first-order chi connectivity index (χ1) is 20.7. The monoisotopic (exact) mass is 608 g/mol. The van der Waals surface area contributed by atoms with Gasteiger partial charge in [-0.15, -0.1) is 0 Å². The highest BCUT2D eigenvalue weighted by Crippen LogP contribution is 2.37. The maximum Gasteiger partial charge on any atom is 0.417 e. The van der Waals surface area contributed by atoms with Gasteiger partial charge in [0.05, 0.1) is 23.1 Å². The summed E-state index contributed by atoms with van der Waals surface area (Å²) in [6.45, 7) is 3.65. The maximum atomic E-state index is 13.6. The van der Waals surface area contributed by atoms with Crippen molar-refractivity contribution in [2.45, 2.75) is 44.3 Å². The molecule has 0 fully saturated rings. The summed E-state index contributed by atoms with van der Waals surface area (Å²) in [5.74, 6) is -0.139. The van der Waals surface area contributed by atoms with E-state index in [9.17, 15) is 18.0 Å². The number of ether oxygens (including phenoxy) is 1. The predicted octanol–water partition coefficient (Wildman–Crippen LogP) is 8.44. The number of hydrogen-bond donors (Lipinski definition) is 1. The summed E-state index contributed by atoms with van der Waals surface area (Å²) in [5, 5.41) is -0.274. The van der Waals surface area contributed by atoms with Crippen LogP contribution >= 0.6 is 11.6 Å². The molecule has 2 N–H and O–H groups in total. The van der Waals surface area contributed by atoms with Gasteiger partial charge in [0.2, 0.25) is 5.91 Å². The van der Waals surface area contributed by atoms with Gasteiger partial charge >= 0.3 is 6.18 Å². The van der Waals surface area contributed by atoms with Crippen molar-refractivity contribution in [2.75, 3.05) is 19.7 Å². The molecule has 0 aromatic heterocycles. The summed E-state index contributed by atoms with van der Waals surface area (Å²) in [5.41, 5.74) is 8.17. The zero-order valence-corrected chi connectivity index (χ0v) is 24.8. The molecule has 0 radical (unpaired) electrons. The molecular formula is C35H36ClF3N2O2. The Morgan fingerprint density at radius 3 is 2.07 bits per heavy atom. The molecule has 0 aliphatic heterocycles. The van der Waals surface area contributed by atoms with Crippen molar-refractivity contribution in [3.05, 3.63) is 136 Å². The molecule has 1 atom stereocenters. The number of halogens is 4. The number of hydrogen-bond acceptors (Lipinski definition) is 3. The first-order valence-electron chi connectivity index (χ1n) is 14.4. The number of benzene rings is 4. The van der Waals surface area contributed by atoms with Crippen molar-refractivity contribution >= 4 is 17.5 Å². The van der Waals surface area contributed by atoms with Crippen LogP contribution < -0.4 is 10.5 Å². The fraction of sp³-hybridized carbons (Fsp3) is 0.286. The van der Waals surface area contributed by atoms with Crippen molar-refractivity contribution in [2.24, 2.45) is 5.73 Å². The van der Waals surface area contributed by atoms with Gasteiger partial charge in [-0.2, -0.15) is 13.2 Å². The number of amides is 1. The molecule has 1 amide bonds. The van der Waals surface area contributed by atoms with Crippen LogP contribution in [0.25, 0.3) is 0 Å². The van der Waals surface area contributed by atoms with E-state index in [-0.39, 0.29) is 29.3 Å². The van der Waals surface area contributed by atoms with Crippen molar-refractivity contribution < 1.29 is 22.7 Å². The zero-order chi connectivity index (χ0) is 30.8. The van der Waals surface area contributed by atoms with Crippen molar-refractivity contribution in [3.8, 4) is 5.75 Å². The lowest BCUT2D eigenvalue weighted by atomic mass is 9.90. The normalized spacial score (nSPS) is 12.4. The van der Waals surface area contributed by atoms with Gasteiger partial charge in [-0.3, -0.25) is 9.69 Å². The Labute approximate surface area is 256 Å². The van der Waals surface area contributed by atoms with Gasteiger partial charge in [-0.25, -0.2) is 0 Å². The lowest BCUT2D eigenvalue weighted by molar-refractivity contribution is -0.137. The van der Waals surface area contributed by atoms with E-state index in [1.54, 1.807) is 6.07 Å². The van der Waals surface area contributed by atoms with Gasteiger partial charge in [0.25, 0.3) is 0 Å². The van der Waals surface area contributed by atoms with Gasteiger partial charge < -0.3 is 10.5 Å². The number of nitrogens with zero attached hydrogens (tertiary/aromatic N) is 1. The minimum Gasteiger partial charge on any atom is -0.494 e. The van der Waals surface area contributed by atoms with Crippen molar-refractivity contribution in [1.82, 2.24) is 4.90 Å². The highest BCUT2D eigenvalue weighted by atomic mass is 35.5. The SMILES string of the molecule is CCC(C(N)=O)c1cccc(OCCCN(Cc2cccc(C(F)(F)F)c2Cl)CC(c2ccccc2)c2ccccc2)c1. The minimum atomic E-state index is -4.54. The molecule has 0 saturated heterocycles. The first kappa shape index (κ1) is 32.1. The van der Waals surface area contributed by atoms with Crippen LogP contribution in [-0.4, -0.2) is 30.5 Å². The fourth-order valence-electron chi connectivity index (χ4n) is 5.33. The molecule has 4 nitrogen and oxygen atoms in total. The third-order valence-electron chi connectivity index (χ3n) is 7.52.